The Labute approximate surface area is 156 Å². The van der Waals surface area contributed by atoms with E-state index in [0.717, 1.165) is 29.0 Å². The van der Waals surface area contributed by atoms with E-state index in [4.69, 9.17) is 4.74 Å². The first-order chi connectivity index (χ1) is 13.0. The molecule has 6 rings (SSSR count). The second kappa shape index (κ2) is 5.55. The van der Waals surface area contributed by atoms with Crippen molar-refractivity contribution in [3.8, 4) is 5.75 Å². The van der Waals surface area contributed by atoms with Gasteiger partial charge >= 0.3 is 0 Å². The van der Waals surface area contributed by atoms with E-state index in [2.05, 4.69) is 35.0 Å². The van der Waals surface area contributed by atoms with Gasteiger partial charge in [-0.1, -0.05) is 19.9 Å². The van der Waals surface area contributed by atoms with Crippen molar-refractivity contribution in [2.24, 2.45) is 22.4 Å². The lowest BCUT2D eigenvalue weighted by atomic mass is 9.49. The molecule has 1 aromatic carbocycles. The van der Waals surface area contributed by atoms with Gasteiger partial charge in [0.05, 0.1) is 13.3 Å². The van der Waals surface area contributed by atoms with E-state index in [0.29, 0.717) is 22.4 Å². The summed E-state index contributed by atoms with van der Waals surface area (Å²) in [6.45, 7) is 4.65. The zero-order chi connectivity index (χ0) is 18.8. The number of hydrogen-bond donors (Lipinski definition) is 1. The number of benzene rings is 1. The fraction of sp³-hybridized carbons (Fsp3) is 0.381. The maximum atomic E-state index is 12.9. The number of nitrogens with zero attached hydrogens (tertiary/aromatic N) is 3. The SMILES string of the molecule is COc1ccc2[nH]c3c(=O)n(/N=C/C4=CC[C@H]5C[C@@H]4C5(C)C)cnc3c2c1. The van der Waals surface area contributed by atoms with Crippen LogP contribution in [0.25, 0.3) is 21.9 Å². The van der Waals surface area contributed by atoms with Crippen LogP contribution < -0.4 is 10.3 Å². The Hall–Kier alpha value is -2.89. The molecule has 6 nitrogen and oxygen atoms in total. The summed E-state index contributed by atoms with van der Waals surface area (Å²) < 4.78 is 6.59. The highest BCUT2D eigenvalue weighted by Gasteiger charge is 2.50. The Morgan fingerprint density at radius 2 is 2.26 bits per heavy atom. The molecule has 1 N–H and O–H groups in total. The zero-order valence-electron chi connectivity index (χ0n) is 15.7. The van der Waals surface area contributed by atoms with Crippen molar-refractivity contribution in [1.29, 1.82) is 0 Å². The summed E-state index contributed by atoms with van der Waals surface area (Å²) in [6.07, 6.45) is 7.91. The van der Waals surface area contributed by atoms with E-state index in [9.17, 15) is 4.79 Å². The van der Waals surface area contributed by atoms with Crippen molar-refractivity contribution in [3.63, 3.8) is 0 Å². The summed E-state index contributed by atoms with van der Waals surface area (Å²) in [5, 5.41) is 5.30. The average molecular weight is 362 g/mol. The van der Waals surface area contributed by atoms with E-state index in [1.807, 2.05) is 24.4 Å². The second-order valence-electron chi connectivity index (χ2n) is 8.15. The van der Waals surface area contributed by atoms with Crippen LogP contribution in [-0.4, -0.2) is 28.0 Å². The van der Waals surface area contributed by atoms with Gasteiger partial charge in [-0.05, 0) is 53.9 Å². The highest BCUT2D eigenvalue weighted by atomic mass is 16.5. The van der Waals surface area contributed by atoms with Crippen molar-refractivity contribution in [1.82, 2.24) is 14.6 Å². The van der Waals surface area contributed by atoms with Crippen molar-refractivity contribution in [2.45, 2.75) is 26.7 Å². The Bertz CT molecular complexity index is 1180. The van der Waals surface area contributed by atoms with Gasteiger partial charge in [0, 0.05) is 10.9 Å². The van der Waals surface area contributed by atoms with Crippen LogP contribution in [-0.2, 0) is 0 Å². The molecule has 1 saturated carbocycles. The molecule has 3 aliphatic rings. The fourth-order valence-electron chi connectivity index (χ4n) is 4.61. The monoisotopic (exact) mass is 362 g/mol. The molecule has 2 heterocycles. The van der Waals surface area contributed by atoms with Gasteiger partial charge in [-0.2, -0.15) is 9.78 Å². The van der Waals surface area contributed by atoms with Crippen molar-refractivity contribution >= 4 is 28.2 Å². The third-order valence-electron chi connectivity index (χ3n) is 6.54. The van der Waals surface area contributed by atoms with Gasteiger partial charge in [-0.15, -0.1) is 0 Å². The first kappa shape index (κ1) is 16.3. The summed E-state index contributed by atoms with van der Waals surface area (Å²) in [7, 11) is 1.62. The van der Waals surface area contributed by atoms with Crippen LogP contribution in [0.5, 0.6) is 5.75 Å². The van der Waals surface area contributed by atoms with Crippen molar-refractivity contribution in [3.05, 3.63) is 46.5 Å². The smallest absolute Gasteiger partial charge is 0.298 e. The summed E-state index contributed by atoms with van der Waals surface area (Å²) in [5.74, 6) is 2.05. The summed E-state index contributed by atoms with van der Waals surface area (Å²) >= 11 is 0. The Morgan fingerprint density at radius 3 is 3.00 bits per heavy atom. The van der Waals surface area contributed by atoms with Gasteiger partial charge in [-0.3, -0.25) is 4.79 Å². The maximum Gasteiger partial charge on any atom is 0.298 e. The Kier molecular flexibility index (Phi) is 3.35. The summed E-state index contributed by atoms with van der Waals surface area (Å²) in [6, 6.07) is 5.64. The van der Waals surface area contributed by atoms with Crippen LogP contribution in [0.2, 0.25) is 0 Å². The molecule has 3 aliphatic carbocycles. The molecule has 138 valence electrons. The molecule has 6 heteroatoms. The van der Waals surface area contributed by atoms with Crippen LogP contribution in [0.1, 0.15) is 26.7 Å². The second-order valence-corrected chi connectivity index (χ2v) is 8.15. The number of H-pyrrole nitrogens is 1. The molecule has 0 spiro atoms. The van der Waals surface area contributed by atoms with Gasteiger partial charge in [0.1, 0.15) is 23.1 Å². The zero-order valence-corrected chi connectivity index (χ0v) is 15.7. The number of methoxy groups -OCH3 is 1. The average Bonchev–Trinajstić information content (AvgIpc) is 3.06. The van der Waals surface area contributed by atoms with E-state index in [-0.39, 0.29) is 5.56 Å². The highest BCUT2D eigenvalue weighted by molar-refractivity contribution is 6.04. The molecule has 3 aromatic rings. The minimum atomic E-state index is -0.200. The van der Waals surface area contributed by atoms with E-state index in [1.165, 1.54) is 23.0 Å². The first-order valence-corrected chi connectivity index (χ1v) is 9.30. The van der Waals surface area contributed by atoms with Gasteiger partial charge in [0.15, 0.2) is 0 Å². The van der Waals surface area contributed by atoms with Gasteiger partial charge in [0.2, 0.25) is 0 Å². The predicted octanol–water partition coefficient (Wildman–Crippen LogP) is 3.71. The number of allylic oxidation sites excluding steroid dienone is 2. The molecular formula is C21H22N4O2. The number of ether oxygens (including phenoxy) is 1. The summed E-state index contributed by atoms with van der Waals surface area (Å²) in [5.41, 5.74) is 3.32. The molecular weight excluding hydrogens is 340 g/mol. The molecule has 0 amide bonds. The molecule has 0 unspecified atom stereocenters. The number of aromatic amines is 1. The normalized spacial score (nSPS) is 23.6. The number of aromatic nitrogens is 3. The van der Waals surface area contributed by atoms with Crippen molar-refractivity contribution < 1.29 is 4.74 Å². The molecule has 0 radical (unpaired) electrons. The topological polar surface area (TPSA) is 72.3 Å². The third-order valence-corrected chi connectivity index (χ3v) is 6.54. The number of fused-ring (bicyclic) bond motifs is 4. The molecule has 2 atom stereocenters. The third kappa shape index (κ3) is 2.29. The van der Waals surface area contributed by atoms with Crippen LogP contribution in [0, 0.1) is 17.3 Å². The number of hydrogen-bond acceptors (Lipinski definition) is 4. The minimum Gasteiger partial charge on any atom is -0.497 e. The lowest BCUT2D eigenvalue weighted by Crippen LogP contribution is -2.48. The minimum absolute atomic E-state index is 0.200. The molecule has 2 aromatic heterocycles. The van der Waals surface area contributed by atoms with E-state index < -0.39 is 0 Å². The summed E-state index contributed by atoms with van der Waals surface area (Å²) in [4.78, 5) is 20.5. The Balaban J connectivity index is 1.55. The molecule has 27 heavy (non-hydrogen) atoms. The predicted molar refractivity (Wildman–Crippen MR) is 106 cm³/mol. The standard InChI is InChI=1S/C21H22N4O2/c1-21(2)13-5-4-12(16(21)8-13)10-23-25-11-22-18-15-9-14(27-3)6-7-17(15)24-19(18)20(25)26/h4,6-7,9-11,13,16,24H,5,8H2,1-3H3/b23-10+/t13-,16-/m0/s1. The van der Waals surface area contributed by atoms with Crippen molar-refractivity contribution in [2.75, 3.05) is 7.11 Å². The van der Waals surface area contributed by atoms with E-state index in [1.54, 1.807) is 7.11 Å². The maximum absolute atomic E-state index is 12.9. The first-order valence-electron chi connectivity index (χ1n) is 9.30. The van der Waals surface area contributed by atoms with Gasteiger partial charge in [-0.25, -0.2) is 4.98 Å². The fourth-order valence-corrected chi connectivity index (χ4v) is 4.61. The lowest BCUT2D eigenvalue weighted by molar-refractivity contribution is -0.00127. The molecule has 0 aliphatic heterocycles. The number of nitrogens with one attached hydrogen (secondary N) is 1. The molecule has 2 bridgehead atoms. The number of rotatable bonds is 3. The van der Waals surface area contributed by atoms with Crippen LogP contribution in [0.4, 0.5) is 0 Å². The van der Waals surface area contributed by atoms with Gasteiger partial charge in [0.25, 0.3) is 5.56 Å². The van der Waals surface area contributed by atoms with Crippen LogP contribution in [0.3, 0.4) is 0 Å². The highest BCUT2D eigenvalue weighted by Crippen LogP contribution is 2.58. The lowest BCUT2D eigenvalue weighted by Gasteiger charge is -2.55. The van der Waals surface area contributed by atoms with Crippen LogP contribution in [0.15, 0.2) is 46.1 Å². The molecule has 0 saturated heterocycles. The molecule has 1 fully saturated rings. The van der Waals surface area contributed by atoms with E-state index >= 15 is 0 Å². The largest absolute Gasteiger partial charge is 0.497 e. The quantitative estimate of drug-likeness (QED) is 0.722. The Morgan fingerprint density at radius 1 is 1.41 bits per heavy atom. The van der Waals surface area contributed by atoms with Crippen LogP contribution >= 0.6 is 0 Å². The van der Waals surface area contributed by atoms with Gasteiger partial charge < -0.3 is 9.72 Å².